The van der Waals surface area contributed by atoms with Crippen LogP contribution in [0.3, 0.4) is 0 Å². The number of benzene rings is 2. The third-order valence-corrected chi connectivity index (χ3v) is 3.03. The van der Waals surface area contributed by atoms with Crippen LogP contribution in [-0.2, 0) is 4.79 Å². The van der Waals surface area contributed by atoms with Crippen molar-refractivity contribution in [2.45, 2.75) is 25.7 Å². The second kappa shape index (κ2) is 6.74. The van der Waals surface area contributed by atoms with E-state index in [9.17, 15) is 4.79 Å². The van der Waals surface area contributed by atoms with Gasteiger partial charge in [0.2, 0.25) is 0 Å². The average Bonchev–Trinajstić information content (AvgIpc) is 2.46. The first-order valence-electron chi connectivity index (χ1n) is 6.63. The molecule has 0 N–H and O–H groups in total. The number of hydrogen-bond acceptors (Lipinski definition) is 2. The lowest BCUT2D eigenvalue weighted by Gasteiger charge is -2.15. The van der Waals surface area contributed by atoms with Gasteiger partial charge < -0.3 is 4.74 Å². The molecule has 19 heavy (non-hydrogen) atoms. The molecule has 0 bridgehead atoms. The van der Waals surface area contributed by atoms with E-state index in [1.165, 1.54) is 0 Å². The lowest BCUT2D eigenvalue weighted by atomic mass is 9.95. The largest absolute Gasteiger partial charge is 0.426 e. The standard InChI is InChI=1S/C17H18O2/c1-2-9-16(14-10-5-3-6-11-14)17(18)19-15-12-7-4-8-13-15/h3-8,10-13,16H,2,9H2,1H3/t16-/m1/s1. The van der Waals surface area contributed by atoms with E-state index in [1.54, 1.807) is 12.1 Å². The maximum absolute atomic E-state index is 12.3. The van der Waals surface area contributed by atoms with Crippen LogP contribution in [0.5, 0.6) is 5.75 Å². The Kier molecular flexibility index (Phi) is 4.73. The van der Waals surface area contributed by atoms with E-state index in [0.29, 0.717) is 5.75 Å². The summed E-state index contributed by atoms with van der Waals surface area (Å²) in [6.07, 6.45) is 1.75. The summed E-state index contributed by atoms with van der Waals surface area (Å²) < 4.78 is 5.44. The van der Waals surface area contributed by atoms with Crippen molar-refractivity contribution in [1.82, 2.24) is 0 Å². The highest BCUT2D eigenvalue weighted by Crippen LogP contribution is 2.24. The molecule has 0 aliphatic carbocycles. The minimum Gasteiger partial charge on any atom is -0.426 e. The summed E-state index contributed by atoms with van der Waals surface area (Å²) in [7, 11) is 0. The summed E-state index contributed by atoms with van der Waals surface area (Å²) in [4.78, 5) is 12.3. The molecule has 1 atom stereocenters. The minimum absolute atomic E-state index is 0.181. The molecule has 0 unspecified atom stereocenters. The van der Waals surface area contributed by atoms with Gasteiger partial charge in [0, 0.05) is 0 Å². The molecule has 0 aromatic heterocycles. The second-order valence-corrected chi connectivity index (χ2v) is 4.49. The Morgan fingerprint density at radius 1 is 1.00 bits per heavy atom. The van der Waals surface area contributed by atoms with Gasteiger partial charge in [-0.05, 0) is 24.1 Å². The van der Waals surface area contributed by atoms with Crippen LogP contribution in [-0.4, -0.2) is 5.97 Å². The maximum Gasteiger partial charge on any atom is 0.318 e. The summed E-state index contributed by atoms with van der Waals surface area (Å²) in [5.41, 5.74) is 1.02. The molecule has 2 heteroatoms. The highest BCUT2D eigenvalue weighted by atomic mass is 16.5. The molecule has 0 amide bonds. The second-order valence-electron chi connectivity index (χ2n) is 4.49. The number of rotatable bonds is 5. The van der Waals surface area contributed by atoms with Crippen molar-refractivity contribution in [2.75, 3.05) is 0 Å². The van der Waals surface area contributed by atoms with Crippen LogP contribution in [0.1, 0.15) is 31.2 Å². The summed E-state index contributed by atoms with van der Waals surface area (Å²) in [5.74, 6) is 0.232. The molecule has 2 rings (SSSR count). The monoisotopic (exact) mass is 254 g/mol. The maximum atomic E-state index is 12.3. The van der Waals surface area contributed by atoms with Crippen LogP contribution in [0.4, 0.5) is 0 Å². The van der Waals surface area contributed by atoms with Gasteiger partial charge in [-0.25, -0.2) is 0 Å². The number of para-hydroxylation sites is 1. The molecular weight excluding hydrogens is 236 g/mol. The fourth-order valence-electron chi connectivity index (χ4n) is 2.07. The highest BCUT2D eigenvalue weighted by Gasteiger charge is 2.21. The quantitative estimate of drug-likeness (QED) is 0.591. The minimum atomic E-state index is -0.189. The first kappa shape index (κ1) is 13.3. The van der Waals surface area contributed by atoms with Crippen LogP contribution in [0, 0.1) is 0 Å². The van der Waals surface area contributed by atoms with Gasteiger partial charge >= 0.3 is 5.97 Å². The third kappa shape index (κ3) is 3.68. The smallest absolute Gasteiger partial charge is 0.318 e. The van der Waals surface area contributed by atoms with Crippen LogP contribution in [0.2, 0.25) is 0 Å². The van der Waals surface area contributed by atoms with Gasteiger partial charge in [-0.1, -0.05) is 61.9 Å². The zero-order valence-corrected chi connectivity index (χ0v) is 11.1. The fourth-order valence-corrected chi connectivity index (χ4v) is 2.07. The molecule has 2 aromatic rings. The molecule has 2 aromatic carbocycles. The summed E-state index contributed by atoms with van der Waals surface area (Å²) in [5, 5.41) is 0. The van der Waals surface area contributed by atoms with E-state index < -0.39 is 0 Å². The molecule has 0 radical (unpaired) electrons. The van der Waals surface area contributed by atoms with Crippen molar-refractivity contribution in [2.24, 2.45) is 0 Å². The van der Waals surface area contributed by atoms with Gasteiger partial charge in [0.05, 0.1) is 5.92 Å². The summed E-state index contributed by atoms with van der Waals surface area (Å²) in [6.45, 7) is 2.08. The van der Waals surface area contributed by atoms with E-state index in [0.717, 1.165) is 18.4 Å². The molecule has 98 valence electrons. The van der Waals surface area contributed by atoms with E-state index in [2.05, 4.69) is 6.92 Å². The van der Waals surface area contributed by atoms with E-state index in [4.69, 9.17) is 4.74 Å². The third-order valence-electron chi connectivity index (χ3n) is 3.03. The summed E-state index contributed by atoms with van der Waals surface area (Å²) >= 11 is 0. The number of ether oxygens (including phenoxy) is 1. The molecule has 0 heterocycles. The Labute approximate surface area is 114 Å². The normalized spacial score (nSPS) is 11.8. The van der Waals surface area contributed by atoms with E-state index in [1.807, 2.05) is 48.5 Å². The van der Waals surface area contributed by atoms with Crippen molar-refractivity contribution < 1.29 is 9.53 Å². The average molecular weight is 254 g/mol. The van der Waals surface area contributed by atoms with Crippen LogP contribution in [0.15, 0.2) is 60.7 Å². The molecule has 0 spiro atoms. The Morgan fingerprint density at radius 3 is 2.16 bits per heavy atom. The van der Waals surface area contributed by atoms with Crippen molar-refractivity contribution in [1.29, 1.82) is 0 Å². The zero-order chi connectivity index (χ0) is 13.5. The van der Waals surface area contributed by atoms with Gasteiger partial charge in [-0.3, -0.25) is 4.79 Å². The van der Waals surface area contributed by atoms with Gasteiger partial charge in [-0.15, -0.1) is 0 Å². The van der Waals surface area contributed by atoms with Crippen LogP contribution < -0.4 is 4.74 Å². The zero-order valence-electron chi connectivity index (χ0n) is 11.1. The van der Waals surface area contributed by atoms with Crippen molar-refractivity contribution in [3.63, 3.8) is 0 Å². The first-order valence-corrected chi connectivity index (χ1v) is 6.63. The van der Waals surface area contributed by atoms with Gasteiger partial charge in [0.25, 0.3) is 0 Å². The first-order chi connectivity index (χ1) is 9.31. The van der Waals surface area contributed by atoms with E-state index in [-0.39, 0.29) is 11.9 Å². The Bertz CT molecular complexity index is 505. The molecule has 0 fully saturated rings. The Morgan fingerprint density at radius 2 is 1.58 bits per heavy atom. The van der Waals surface area contributed by atoms with Crippen LogP contribution >= 0.6 is 0 Å². The molecule has 0 saturated carbocycles. The number of carbonyl (C=O) groups is 1. The van der Waals surface area contributed by atoms with Crippen LogP contribution in [0.25, 0.3) is 0 Å². The predicted molar refractivity (Wildman–Crippen MR) is 76.2 cm³/mol. The van der Waals surface area contributed by atoms with Gasteiger partial charge in [0.15, 0.2) is 0 Å². The highest BCUT2D eigenvalue weighted by molar-refractivity contribution is 5.80. The number of hydrogen-bond donors (Lipinski definition) is 0. The molecule has 0 saturated heterocycles. The molecule has 0 aliphatic rings. The Hall–Kier alpha value is -2.09. The fraction of sp³-hybridized carbons (Fsp3) is 0.235. The lowest BCUT2D eigenvalue weighted by Crippen LogP contribution is -2.18. The van der Waals surface area contributed by atoms with Crippen molar-refractivity contribution in [3.8, 4) is 5.75 Å². The topological polar surface area (TPSA) is 26.3 Å². The predicted octanol–water partition coefficient (Wildman–Crippen LogP) is 4.18. The Balaban J connectivity index is 2.13. The molecular formula is C17H18O2. The number of carbonyl (C=O) groups excluding carboxylic acids is 1. The van der Waals surface area contributed by atoms with E-state index >= 15 is 0 Å². The van der Waals surface area contributed by atoms with Crippen molar-refractivity contribution >= 4 is 5.97 Å². The van der Waals surface area contributed by atoms with Gasteiger partial charge in [0.1, 0.15) is 5.75 Å². The van der Waals surface area contributed by atoms with Crippen molar-refractivity contribution in [3.05, 3.63) is 66.2 Å². The SMILES string of the molecule is CCC[C@@H](C(=O)Oc1ccccc1)c1ccccc1. The number of esters is 1. The molecule has 2 nitrogen and oxygen atoms in total. The molecule has 0 aliphatic heterocycles. The lowest BCUT2D eigenvalue weighted by molar-refractivity contribution is -0.136. The van der Waals surface area contributed by atoms with Gasteiger partial charge in [-0.2, -0.15) is 0 Å². The summed E-state index contributed by atoms with van der Waals surface area (Å²) in [6, 6.07) is 19.0.